The molecule has 0 heterocycles. The number of carbonyl (C=O) groups is 1. The van der Waals surface area contributed by atoms with Crippen molar-refractivity contribution in [1.82, 2.24) is 6.15 Å². The van der Waals surface area contributed by atoms with Gasteiger partial charge in [0.2, 0.25) is 0 Å². The van der Waals surface area contributed by atoms with Crippen LogP contribution in [0.3, 0.4) is 0 Å². The molecule has 0 saturated heterocycles. The van der Waals surface area contributed by atoms with Crippen LogP contribution in [-0.2, 0) is 4.79 Å². The van der Waals surface area contributed by atoms with Crippen LogP contribution in [0.15, 0.2) is 0 Å². The molecular weight excluding hydrogens is 78.0 g/mol. The smallest absolute Gasteiger partial charge is 0.136 e. The first kappa shape index (κ1) is 5.63. The van der Waals surface area contributed by atoms with Gasteiger partial charge in [-0.3, -0.25) is 4.79 Å². The topological polar surface area (TPSA) is 52.1 Å². The van der Waals surface area contributed by atoms with Crippen molar-refractivity contribution in [2.24, 2.45) is 5.92 Å². The van der Waals surface area contributed by atoms with Gasteiger partial charge in [-0.05, 0) is 0 Å². The summed E-state index contributed by atoms with van der Waals surface area (Å²) in [6.45, 7) is 1.95. The third-order valence-electron chi connectivity index (χ3n) is 0.897. The Hall–Kier alpha value is -0.370. The van der Waals surface area contributed by atoms with Crippen LogP contribution in [0.4, 0.5) is 0 Å². The molecule has 0 aromatic heterocycles. The first-order valence-electron chi connectivity index (χ1n) is 1.83. The Kier molecular flexibility index (Phi) is 1.30. The maximum absolute atomic E-state index is 9.89. The molecule has 1 atom stereocenters. The van der Waals surface area contributed by atoms with Crippen molar-refractivity contribution in [3.63, 3.8) is 0 Å². The van der Waals surface area contributed by atoms with Crippen LogP contribution in [-0.4, -0.2) is 5.78 Å². The molecule has 1 aliphatic rings. The largest absolute Gasteiger partial charge is 0.344 e. The molecule has 0 radical (unpaired) electrons. The molecule has 2 nitrogen and oxygen atoms in total. The molecule has 0 bridgehead atoms. The van der Waals surface area contributed by atoms with Crippen molar-refractivity contribution in [3.8, 4) is 0 Å². The molecular formula is C4H9NO. The molecule has 36 valence electrons. The Labute approximate surface area is 37.1 Å². The highest BCUT2D eigenvalue weighted by Crippen LogP contribution is 2.21. The summed E-state index contributed by atoms with van der Waals surface area (Å²) in [6, 6.07) is 0. The molecule has 0 spiro atoms. The van der Waals surface area contributed by atoms with E-state index in [9.17, 15) is 4.79 Å². The SMILES string of the molecule is CC1CC1=O.N. The van der Waals surface area contributed by atoms with Gasteiger partial charge in [-0.15, -0.1) is 0 Å². The second-order valence-corrected chi connectivity index (χ2v) is 1.57. The van der Waals surface area contributed by atoms with Crippen molar-refractivity contribution in [2.75, 3.05) is 0 Å². The standard InChI is InChI=1S/C4H6O.H3N/c1-3-2-4(3)5;/h3H,2H2,1H3;1H3. The van der Waals surface area contributed by atoms with Crippen molar-refractivity contribution in [3.05, 3.63) is 0 Å². The van der Waals surface area contributed by atoms with E-state index in [1.165, 1.54) is 0 Å². The van der Waals surface area contributed by atoms with Gasteiger partial charge in [-0.1, -0.05) is 6.92 Å². The second kappa shape index (κ2) is 1.39. The van der Waals surface area contributed by atoms with Crippen molar-refractivity contribution < 1.29 is 4.79 Å². The Bertz CT molecular complexity index is 69.9. The number of hydrogen-bond donors (Lipinski definition) is 1. The lowest BCUT2D eigenvalue weighted by Crippen LogP contribution is -1.60. The minimum absolute atomic E-state index is 0. The van der Waals surface area contributed by atoms with E-state index in [-0.39, 0.29) is 6.15 Å². The highest BCUT2D eigenvalue weighted by Gasteiger charge is 2.28. The lowest BCUT2D eigenvalue weighted by Gasteiger charge is -1.52. The first-order chi connectivity index (χ1) is 2.30. The van der Waals surface area contributed by atoms with Crippen LogP contribution >= 0.6 is 0 Å². The summed E-state index contributed by atoms with van der Waals surface area (Å²) in [5.74, 6) is 0.833. The van der Waals surface area contributed by atoms with Crippen molar-refractivity contribution in [1.29, 1.82) is 0 Å². The van der Waals surface area contributed by atoms with Gasteiger partial charge in [-0.2, -0.15) is 0 Å². The van der Waals surface area contributed by atoms with Crippen molar-refractivity contribution in [2.45, 2.75) is 13.3 Å². The zero-order valence-electron chi connectivity index (χ0n) is 3.90. The van der Waals surface area contributed by atoms with Gasteiger partial charge in [0.1, 0.15) is 5.78 Å². The Morgan fingerprint density at radius 2 is 2.00 bits per heavy atom. The fourth-order valence-electron chi connectivity index (χ4n) is 0.243. The summed E-state index contributed by atoms with van der Waals surface area (Å²) in [5, 5.41) is 0. The average molecular weight is 87.1 g/mol. The summed E-state index contributed by atoms with van der Waals surface area (Å²) in [7, 11) is 0. The minimum atomic E-state index is 0. The Morgan fingerprint density at radius 1 is 1.83 bits per heavy atom. The van der Waals surface area contributed by atoms with E-state index in [2.05, 4.69) is 0 Å². The van der Waals surface area contributed by atoms with Gasteiger partial charge in [0, 0.05) is 12.3 Å². The highest BCUT2D eigenvalue weighted by molar-refractivity contribution is 5.95. The number of ketones is 1. The molecule has 6 heavy (non-hydrogen) atoms. The summed E-state index contributed by atoms with van der Waals surface area (Å²) in [4.78, 5) is 9.89. The van der Waals surface area contributed by atoms with E-state index < -0.39 is 0 Å². The lowest BCUT2D eigenvalue weighted by atomic mass is 10.5. The molecule has 0 amide bonds. The number of rotatable bonds is 0. The minimum Gasteiger partial charge on any atom is -0.344 e. The third-order valence-corrected chi connectivity index (χ3v) is 0.897. The van der Waals surface area contributed by atoms with Gasteiger partial charge >= 0.3 is 0 Å². The predicted octanol–water partition coefficient (Wildman–Crippen LogP) is 0.757. The summed E-state index contributed by atoms with van der Waals surface area (Å²) < 4.78 is 0. The molecule has 1 aliphatic carbocycles. The Balaban J connectivity index is 0.000000250. The van der Waals surface area contributed by atoms with E-state index in [0.717, 1.165) is 6.42 Å². The maximum atomic E-state index is 9.89. The molecule has 1 fully saturated rings. The summed E-state index contributed by atoms with van der Waals surface area (Å²) in [6.07, 6.45) is 0.833. The van der Waals surface area contributed by atoms with E-state index >= 15 is 0 Å². The molecule has 1 rings (SSSR count). The van der Waals surface area contributed by atoms with Crippen LogP contribution < -0.4 is 6.15 Å². The highest BCUT2D eigenvalue weighted by atomic mass is 16.1. The van der Waals surface area contributed by atoms with Crippen LogP contribution in [0, 0.1) is 5.92 Å². The van der Waals surface area contributed by atoms with E-state index in [1.54, 1.807) is 0 Å². The van der Waals surface area contributed by atoms with Crippen molar-refractivity contribution >= 4 is 5.78 Å². The van der Waals surface area contributed by atoms with E-state index in [1.807, 2.05) is 6.92 Å². The van der Waals surface area contributed by atoms with Crippen LogP contribution in [0.25, 0.3) is 0 Å². The summed E-state index contributed by atoms with van der Waals surface area (Å²) >= 11 is 0. The van der Waals surface area contributed by atoms with Gasteiger partial charge in [0.25, 0.3) is 0 Å². The fourth-order valence-corrected chi connectivity index (χ4v) is 0.243. The fraction of sp³-hybridized carbons (Fsp3) is 0.750. The number of Topliss-reactive ketones (excluding diaryl/α,β-unsaturated/α-hetero) is 1. The van der Waals surface area contributed by atoms with Gasteiger partial charge in [0.15, 0.2) is 0 Å². The maximum Gasteiger partial charge on any atom is 0.136 e. The second-order valence-electron chi connectivity index (χ2n) is 1.57. The lowest BCUT2D eigenvalue weighted by molar-refractivity contribution is -0.110. The zero-order chi connectivity index (χ0) is 3.86. The zero-order valence-corrected chi connectivity index (χ0v) is 3.90. The van der Waals surface area contributed by atoms with Gasteiger partial charge in [0.05, 0.1) is 0 Å². The molecule has 1 saturated carbocycles. The van der Waals surface area contributed by atoms with Crippen LogP contribution in [0.2, 0.25) is 0 Å². The van der Waals surface area contributed by atoms with Crippen LogP contribution in [0.1, 0.15) is 13.3 Å². The van der Waals surface area contributed by atoms with Crippen LogP contribution in [0.5, 0.6) is 0 Å². The molecule has 1 unspecified atom stereocenters. The van der Waals surface area contributed by atoms with Gasteiger partial charge in [-0.25, -0.2) is 0 Å². The van der Waals surface area contributed by atoms with E-state index in [4.69, 9.17) is 0 Å². The predicted molar refractivity (Wildman–Crippen MR) is 23.8 cm³/mol. The normalized spacial score (nSPS) is 28.8. The molecule has 0 aromatic carbocycles. The monoisotopic (exact) mass is 87.1 g/mol. The molecule has 2 heteroatoms. The molecule has 3 N–H and O–H groups in total. The Morgan fingerprint density at radius 3 is 2.00 bits per heavy atom. The quantitative estimate of drug-likeness (QED) is 0.474. The van der Waals surface area contributed by atoms with Gasteiger partial charge < -0.3 is 6.15 Å². The molecule has 0 aromatic rings. The number of carbonyl (C=O) groups excluding carboxylic acids is 1. The summed E-state index contributed by atoms with van der Waals surface area (Å²) in [5.41, 5.74) is 0. The number of hydrogen-bond acceptors (Lipinski definition) is 2. The molecule has 0 aliphatic heterocycles. The van der Waals surface area contributed by atoms with E-state index in [0.29, 0.717) is 11.7 Å². The third kappa shape index (κ3) is 0.792. The average Bonchev–Trinajstić information content (AvgIpc) is 1.79. The first-order valence-corrected chi connectivity index (χ1v) is 1.83.